The van der Waals surface area contributed by atoms with Crippen LogP contribution in [0.1, 0.15) is 22.5 Å². The van der Waals surface area contributed by atoms with Crippen LogP contribution in [0.4, 0.5) is 0 Å². The van der Waals surface area contributed by atoms with Crippen LogP contribution in [-0.4, -0.2) is 4.98 Å². The van der Waals surface area contributed by atoms with E-state index in [1.165, 1.54) is 0 Å². The second-order valence-corrected chi connectivity index (χ2v) is 3.10. The molecule has 12 heavy (non-hydrogen) atoms. The molecule has 1 heterocycles. The van der Waals surface area contributed by atoms with Gasteiger partial charge in [0.2, 0.25) is 0 Å². The predicted octanol–water partition coefficient (Wildman–Crippen LogP) is 2.53. The molecule has 0 bridgehead atoms. The van der Waals surface area contributed by atoms with Gasteiger partial charge in [-0.3, -0.25) is 0 Å². The van der Waals surface area contributed by atoms with E-state index in [9.17, 15) is 0 Å². The minimum Gasteiger partial charge on any atom is -0.242 e. The number of halogens is 1. The number of nitriles is 1. The lowest BCUT2D eigenvalue weighted by Crippen LogP contribution is -1.96. The van der Waals surface area contributed by atoms with Gasteiger partial charge in [-0.05, 0) is 26.3 Å². The van der Waals surface area contributed by atoms with Crippen LogP contribution < -0.4 is 0 Å². The zero-order valence-electron chi connectivity index (χ0n) is 7.27. The Morgan fingerprint density at radius 2 is 1.83 bits per heavy atom. The van der Waals surface area contributed by atoms with E-state index >= 15 is 0 Å². The summed E-state index contributed by atoms with van der Waals surface area (Å²) in [6.45, 7) is 5.56. The van der Waals surface area contributed by atoms with Crippen molar-refractivity contribution in [3.8, 4) is 6.07 Å². The van der Waals surface area contributed by atoms with Gasteiger partial charge in [0, 0.05) is 11.3 Å². The number of nitrogens with zero attached hydrogens (tertiary/aromatic N) is 2. The highest BCUT2D eigenvalue weighted by molar-refractivity contribution is 6.32. The first-order valence-corrected chi connectivity index (χ1v) is 3.99. The molecule has 0 N–H and O–H groups in total. The van der Waals surface area contributed by atoms with Crippen molar-refractivity contribution < 1.29 is 0 Å². The van der Waals surface area contributed by atoms with E-state index in [2.05, 4.69) is 4.98 Å². The largest absolute Gasteiger partial charge is 0.242 e. The first-order valence-electron chi connectivity index (χ1n) is 3.61. The molecule has 62 valence electrons. The van der Waals surface area contributed by atoms with Gasteiger partial charge in [-0.2, -0.15) is 5.26 Å². The summed E-state index contributed by atoms with van der Waals surface area (Å²) in [5.74, 6) is 0. The van der Waals surface area contributed by atoms with Gasteiger partial charge < -0.3 is 0 Å². The summed E-state index contributed by atoms with van der Waals surface area (Å²) in [6, 6.07) is 2.01. The Hall–Kier alpha value is -1.07. The fourth-order valence-electron chi connectivity index (χ4n) is 0.988. The van der Waals surface area contributed by atoms with E-state index < -0.39 is 0 Å². The smallest absolute Gasteiger partial charge is 0.145 e. The number of hydrogen-bond acceptors (Lipinski definition) is 2. The van der Waals surface area contributed by atoms with E-state index in [1.807, 2.05) is 19.9 Å². The third-order valence-corrected chi connectivity index (χ3v) is 2.51. The van der Waals surface area contributed by atoms with Gasteiger partial charge in [-0.1, -0.05) is 11.6 Å². The molecule has 0 fully saturated rings. The predicted molar refractivity (Wildman–Crippen MR) is 48.2 cm³/mol. The number of hydrogen-bond donors (Lipinski definition) is 0. The van der Waals surface area contributed by atoms with Crippen LogP contribution in [-0.2, 0) is 0 Å². The zero-order valence-corrected chi connectivity index (χ0v) is 8.03. The SMILES string of the molecule is Cc1nc(C#N)c(C)c(Cl)c1C. The number of rotatable bonds is 0. The van der Waals surface area contributed by atoms with E-state index in [4.69, 9.17) is 16.9 Å². The molecule has 1 rings (SSSR count). The molecule has 0 saturated heterocycles. The topological polar surface area (TPSA) is 36.7 Å². The molecule has 1 aromatic heterocycles. The summed E-state index contributed by atoms with van der Waals surface area (Å²) in [6.07, 6.45) is 0. The maximum atomic E-state index is 8.69. The monoisotopic (exact) mass is 180 g/mol. The van der Waals surface area contributed by atoms with E-state index in [-0.39, 0.29) is 0 Å². The molecule has 0 aliphatic heterocycles. The molecule has 2 nitrogen and oxygen atoms in total. The molecule has 0 radical (unpaired) electrons. The average molecular weight is 181 g/mol. The third kappa shape index (κ3) is 1.28. The van der Waals surface area contributed by atoms with Gasteiger partial charge >= 0.3 is 0 Å². The lowest BCUT2D eigenvalue weighted by atomic mass is 10.1. The van der Waals surface area contributed by atoms with Crippen LogP contribution >= 0.6 is 11.6 Å². The number of aryl methyl sites for hydroxylation is 1. The minimum atomic E-state index is 0.420. The highest BCUT2D eigenvalue weighted by atomic mass is 35.5. The molecular formula is C9H9ClN2. The average Bonchev–Trinajstić information content (AvgIpc) is 2.08. The molecular weight excluding hydrogens is 172 g/mol. The Bertz CT molecular complexity index is 364. The Kier molecular flexibility index (Phi) is 2.35. The lowest BCUT2D eigenvalue weighted by molar-refractivity contribution is 1.10. The molecule has 0 spiro atoms. The first-order chi connectivity index (χ1) is 5.57. The summed E-state index contributed by atoms with van der Waals surface area (Å²) in [7, 11) is 0. The maximum absolute atomic E-state index is 8.69. The summed E-state index contributed by atoms with van der Waals surface area (Å²) < 4.78 is 0. The quantitative estimate of drug-likeness (QED) is 0.615. The van der Waals surface area contributed by atoms with Gasteiger partial charge in [0.05, 0.1) is 5.02 Å². The highest BCUT2D eigenvalue weighted by Gasteiger charge is 2.08. The molecule has 0 unspecified atom stereocenters. The van der Waals surface area contributed by atoms with E-state index in [1.54, 1.807) is 6.92 Å². The Morgan fingerprint density at radius 3 is 2.33 bits per heavy atom. The lowest BCUT2D eigenvalue weighted by Gasteiger charge is -2.06. The molecule has 0 aromatic carbocycles. The molecule has 0 saturated carbocycles. The standard InChI is InChI=1S/C9H9ClN2/c1-5-7(3)12-8(4-11)6(2)9(5)10/h1-3H3. The van der Waals surface area contributed by atoms with Crippen molar-refractivity contribution in [3.63, 3.8) is 0 Å². The second-order valence-electron chi connectivity index (χ2n) is 2.72. The van der Waals surface area contributed by atoms with Gasteiger partial charge in [-0.25, -0.2) is 4.98 Å². The first kappa shape index (κ1) is 9.02. The summed E-state index contributed by atoms with van der Waals surface area (Å²) in [4.78, 5) is 4.11. The third-order valence-electron chi connectivity index (χ3n) is 1.94. The molecule has 3 heteroatoms. The van der Waals surface area contributed by atoms with Crippen LogP contribution in [0.15, 0.2) is 0 Å². The van der Waals surface area contributed by atoms with Crippen LogP contribution in [0.2, 0.25) is 5.02 Å². The summed E-state index contributed by atoms with van der Waals surface area (Å²) in [5, 5.41) is 9.34. The highest BCUT2D eigenvalue weighted by Crippen LogP contribution is 2.23. The van der Waals surface area contributed by atoms with Gasteiger partial charge in [0.25, 0.3) is 0 Å². The van der Waals surface area contributed by atoms with Crippen molar-refractivity contribution in [2.24, 2.45) is 0 Å². The molecule has 1 aromatic rings. The van der Waals surface area contributed by atoms with Crippen LogP contribution in [0, 0.1) is 32.1 Å². The minimum absolute atomic E-state index is 0.420. The second kappa shape index (κ2) is 3.12. The Balaban J connectivity index is 3.52. The molecule has 0 aliphatic rings. The van der Waals surface area contributed by atoms with Crippen molar-refractivity contribution in [2.75, 3.05) is 0 Å². The van der Waals surface area contributed by atoms with E-state index in [0.717, 1.165) is 16.8 Å². The maximum Gasteiger partial charge on any atom is 0.145 e. The van der Waals surface area contributed by atoms with Crippen molar-refractivity contribution in [1.82, 2.24) is 4.98 Å². The molecule has 0 atom stereocenters. The number of aromatic nitrogens is 1. The van der Waals surface area contributed by atoms with Crippen molar-refractivity contribution in [3.05, 3.63) is 27.5 Å². The van der Waals surface area contributed by atoms with Crippen LogP contribution in [0.25, 0.3) is 0 Å². The van der Waals surface area contributed by atoms with Crippen molar-refractivity contribution >= 4 is 11.6 Å². The van der Waals surface area contributed by atoms with Gasteiger partial charge in [-0.15, -0.1) is 0 Å². The Morgan fingerprint density at radius 1 is 1.25 bits per heavy atom. The molecule has 0 aliphatic carbocycles. The van der Waals surface area contributed by atoms with Crippen LogP contribution in [0.3, 0.4) is 0 Å². The number of pyridine rings is 1. The summed E-state index contributed by atoms with van der Waals surface area (Å²) in [5.41, 5.74) is 2.96. The van der Waals surface area contributed by atoms with Gasteiger partial charge in [0.15, 0.2) is 0 Å². The van der Waals surface area contributed by atoms with Gasteiger partial charge in [0.1, 0.15) is 11.8 Å². The molecule has 0 amide bonds. The van der Waals surface area contributed by atoms with Crippen molar-refractivity contribution in [2.45, 2.75) is 20.8 Å². The summed E-state index contributed by atoms with van der Waals surface area (Å²) >= 11 is 5.98. The Labute approximate surface area is 76.8 Å². The van der Waals surface area contributed by atoms with Crippen molar-refractivity contribution in [1.29, 1.82) is 5.26 Å². The fraction of sp³-hybridized carbons (Fsp3) is 0.333. The fourth-order valence-corrected chi connectivity index (χ4v) is 1.21. The van der Waals surface area contributed by atoms with E-state index in [0.29, 0.717) is 10.7 Å². The van der Waals surface area contributed by atoms with Crippen LogP contribution in [0.5, 0.6) is 0 Å². The normalized spacial score (nSPS) is 9.58. The zero-order chi connectivity index (χ0) is 9.30.